The number of benzene rings is 2. The summed E-state index contributed by atoms with van der Waals surface area (Å²) in [6.45, 7) is 0. The Balaban J connectivity index is 2.29. The number of nitrogens with one attached hydrogen (secondary N) is 1. The molecule has 0 fully saturated rings. The highest BCUT2D eigenvalue weighted by molar-refractivity contribution is 9.10. The van der Waals surface area contributed by atoms with Gasteiger partial charge in [-0.05, 0) is 47.9 Å². The zero-order valence-electron chi connectivity index (χ0n) is 11.4. The normalized spacial score (nSPS) is 12.2. The molecule has 112 valence electrons. The summed E-state index contributed by atoms with van der Waals surface area (Å²) in [5, 5.41) is 0. The van der Waals surface area contributed by atoms with E-state index in [1.54, 1.807) is 7.11 Å². The molecule has 0 saturated heterocycles. The maximum Gasteiger partial charge on any atom is 0.159 e. The largest absolute Gasteiger partial charge is 0.497 e. The molecule has 2 aromatic carbocycles. The summed E-state index contributed by atoms with van der Waals surface area (Å²) in [5.74, 6) is 4.56. The quantitative estimate of drug-likeness (QED) is 0.636. The Bertz CT molecular complexity index is 637. The van der Waals surface area contributed by atoms with Crippen LogP contribution in [0.3, 0.4) is 0 Å². The minimum Gasteiger partial charge on any atom is -0.497 e. The van der Waals surface area contributed by atoms with E-state index in [-0.39, 0.29) is 6.04 Å². The lowest BCUT2D eigenvalue weighted by molar-refractivity contribution is 0.412. The molecule has 0 aliphatic carbocycles. The van der Waals surface area contributed by atoms with Crippen molar-refractivity contribution in [2.75, 3.05) is 7.11 Å². The summed E-state index contributed by atoms with van der Waals surface area (Å²) in [6, 6.07) is 9.07. The van der Waals surface area contributed by atoms with Crippen LogP contribution in [0.4, 0.5) is 8.78 Å². The van der Waals surface area contributed by atoms with Crippen molar-refractivity contribution in [2.24, 2.45) is 5.84 Å². The number of hydrogen-bond acceptors (Lipinski definition) is 3. The fourth-order valence-corrected chi connectivity index (χ4v) is 2.60. The van der Waals surface area contributed by atoms with Gasteiger partial charge < -0.3 is 4.74 Å². The molecule has 3 nitrogen and oxygen atoms in total. The van der Waals surface area contributed by atoms with Crippen LogP contribution >= 0.6 is 15.9 Å². The predicted molar refractivity (Wildman–Crippen MR) is 80.8 cm³/mol. The Labute approximate surface area is 130 Å². The van der Waals surface area contributed by atoms with Gasteiger partial charge in [0.25, 0.3) is 0 Å². The Morgan fingerprint density at radius 2 is 1.95 bits per heavy atom. The van der Waals surface area contributed by atoms with E-state index in [4.69, 9.17) is 10.6 Å². The second-order valence-corrected chi connectivity index (χ2v) is 5.41. The Morgan fingerprint density at radius 1 is 1.19 bits per heavy atom. The highest BCUT2D eigenvalue weighted by atomic mass is 79.9. The summed E-state index contributed by atoms with van der Waals surface area (Å²) in [4.78, 5) is 0. The molecule has 3 N–H and O–H groups in total. The average molecular weight is 357 g/mol. The van der Waals surface area contributed by atoms with Crippen molar-refractivity contribution < 1.29 is 13.5 Å². The first-order valence-corrected chi connectivity index (χ1v) is 7.08. The van der Waals surface area contributed by atoms with E-state index in [1.807, 2.05) is 18.2 Å². The predicted octanol–water partition coefficient (Wildman–Crippen LogP) is 3.48. The van der Waals surface area contributed by atoms with Gasteiger partial charge in [-0.15, -0.1) is 0 Å². The molecule has 0 aliphatic heterocycles. The van der Waals surface area contributed by atoms with Crippen molar-refractivity contribution in [3.05, 3.63) is 63.6 Å². The molecule has 0 radical (unpaired) electrons. The third-order valence-corrected chi connectivity index (χ3v) is 3.93. The lowest BCUT2D eigenvalue weighted by atomic mass is 9.99. The van der Waals surface area contributed by atoms with Gasteiger partial charge in [0.05, 0.1) is 13.2 Å². The summed E-state index contributed by atoms with van der Waals surface area (Å²) < 4.78 is 32.3. The van der Waals surface area contributed by atoms with Crippen molar-refractivity contribution in [1.82, 2.24) is 5.43 Å². The van der Waals surface area contributed by atoms with Crippen LogP contribution in [0.1, 0.15) is 17.2 Å². The van der Waals surface area contributed by atoms with E-state index >= 15 is 0 Å². The molecule has 21 heavy (non-hydrogen) atoms. The first-order chi connectivity index (χ1) is 10.0. The van der Waals surface area contributed by atoms with Gasteiger partial charge in [0.15, 0.2) is 11.6 Å². The van der Waals surface area contributed by atoms with Crippen LogP contribution in [0.2, 0.25) is 0 Å². The highest BCUT2D eigenvalue weighted by Gasteiger charge is 2.16. The van der Waals surface area contributed by atoms with Gasteiger partial charge in [-0.3, -0.25) is 11.3 Å². The van der Waals surface area contributed by atoms with Gasteiger partial charge in [0.1, 0.15) is 5.75 Å². The van der Waals surface area contributed by atoms with Crippen LogP contribution in [-0.4, -0.2) is 7.11 Å². The number of nitrogens with two attached hydrogens (primary N) is 1. The van der Waals surface area contributed by atoms with Gasteiger partial charge in [-0.25, -0.2) is 8.78 Å². The SMILES string of the molecule is COc1ccc(Br)c(C(Cc2ccc(F)c(F)c2)NN)c1. The van der Waals surface area contributed by atoms with E-state index in [0.717, 1.165) is 16.1 Å². The minimum absolute atomic E-state index is 0.265. The lowest BCUT2D eigenvalue weighted by Gasteiger charge is -2.19. The molecule has 2 rings (SSSR count). The van der Waals surface area contributed by atoms with Crippen LogP contribution < -0.4 is 16.0 Å². The van der Waals surface area contributed by atoms with E-state index in [2.05, 4.69) is 21.4 Å². The Kier molecular flexibility index (Phi) is 5.27. The topological polar surface area (TPSA) is 47.3 Å². The van der Waals surface area contributed by atoms with Crippen LogP contribution in [0.25, 0.3) is 0 Å². The van der Waals surface area contributed by atoms with E-state index in [9.17, 15) is 8.78 Å². The summed E-state index contributed by atoms with van der Waals surface area (Å²) in [6.07, 6.45) is 0.416. The van der Waals surface area contributed by atoms with Gasteiger partial charge >= 0.3 is 0 Å². The molecule has 2 aromatic rings. The van der Waals surface area contributed by atoms with Gasteiger partial charge in [-0.1, -0.05) is 22.0 Å². The van der Waals surface area contributed by atoms with Crippen LogP contribution in [-0.2, 0) is 6.42 Å². The van der Waals surface area contributed by atoms with E-state index in [0.29, 0.717) is 17.7 Å². The van der Waals surface area contributed by atoms with Gasteiger partial charge in [0, 0.05) is 4.47 Å². The molecular weight excluding hydrogens is 342 g/mol. The Morgan fingerprint density at radius 3 is 2.57 bits per heavy atom. The molecule has 0 spiro atoms. The average Bonchev–Trinajstić information content (AvgIpc) is 2.49. The molecule has 6 heteroatoms. The molecular formula is C15H15BrF2N2O. The fraction of sp³-hybridized carbons (Fsp3) is 0.200. The van der Waals surface area contributed by atoms with Gasteiger partial charge in [-0.2, -0.15) is 0 Å². The lowest BCUT2D eigenvalue weighted by Crippen LogP contribution is -2.30. The summed E-state index contributed by atoms with van der Waals surface area (Å²) in [5.41, 5.74) is 4.21. The number of rotatable bonds is 5. The second kappa shape index (κ2) is 6.98. The van der Waals surface area contributed by atoms with Crippen molar-refractivity contribution in [3.8, 4) is 5.75 Å². The number of ether oxygens (including phenoxy) is 1. The standard InChI is InChI=1S/C15H15BrF2N2O/c1-21-10-3-4-12(16)11(8-10)15(20-19)7-9-2-5-13(17)14(18)6-9/h2-6,8,15,20H,7,19H2,1H3. The molecule has 0 amide bonds. The van der Waals surface area contributed by atoms with Gasteiger partial charge in [0.2, 0.25) is 0 Å². The number of hydrogen-bond donors (Lipinski definition) is 2. The molecule has 0 saturated carbocycles. The molecule has 0 heterocycles. The number of methoxy groups -OCH3 is 1. The Hall–Kier alpha value is -1.50. The summed E-state index contributed by atoms with van der Waals surface area (Å²) >= 11 is 3.46. The second-order valence-electron chi connectivity index (χ2n) is 4.56. The molecule has 1 unspecified atom stereocenters. The first-order valence-electron chi connectivity index (χ1n) is 6.28. The molecule has 1 atom stereocenters. The summed E-state index contributed by atoms with van der Waals surface area (Å²) in [7, 11) is 1.58. The maximum absolute atomic E-state index is 13.3. The zero-order valence-corrected chi connectivity index (χ0v) is 13.0. The molecule has 0 aromatic heterocycles. The van der Waals surface area contributed by atoms with Crippen molar-refractivity contribution in [3.63, 3.8) is 0 Å². The van der Waals surface area contributed by atoms with Crippen LogP contribution in [0, 0.1) is 11.6 Å². The van der Waals surface area contributed by atoms with Crippen LogP contribution in [0.5, 0.6) is 5.75 Å². The van der Waals surface area contributed by atoms with E-state index < -0.39 is 11.6 Å². The van der Waals surface area contributed by atoms with Crippen molar-refractivity contribution in [2.45, 2.75) is 12.5 Å². The van der Waals surface area contributed by atoms with Crippen molar-refractivity contribution in [1.29, 1.82) is 0 Å². The first kappa shape index (κ1) is 15.9. The van der Waals surface area contributed by atoms with E-state index in [1.165, 1.54) is 12.1 Å². The third kappa shape index (κ3) is 3.78. The minimum atomic E-state index is -0.868. The fourth-order valence-electron chi connectivity index (χ4n) is 2.08. The highest BCUT2D eigenvalue weighted by Crippen LogP contribution is 2.29. The third-order valence-electron chi connectivity index (χ3n) is 3.20. The maximum atomic E-state index is 13.3. The number of halogens is 3. The molecule has 0 bridgehead atoms. The number of hydrazine groups is 1. The smallest absolute Gasteiger partial charge is 0.159 e. The monoisotopic (exact) mass is 356 g/mol. The van der Waals surface area contributed by atoms with Crippen molar-refractivity contribution >= 4 is 15.9 Å². The molecule has 0 aliphatic rings. The zero-order chi connectivity index (χ0) is 15.4. The van der Waals surface area contributed by atoms with Crippen LogP contribution in [0.15, 0.2) is 40.9 Å².